The minimum absolute atomic E-state index is 0.0195. The van der Waals surface area contributed by atoms with Crippen LogP contribution in [-0.2, 0) is 28.5 Å². The van der Waals surface area contributed by atoms with Crippen molar-refractivity contribution in [3.63, 3.8) is 0 Å². The fraction of sp³-hybridized carbons (Fsp3) is 0.550. The summed E-state index contributed by atoms with van der Waals surface area (Å²) in [6.45, 7) is 20.6. The van der Waals surface area contributed by atoms with Crippen LogP contribution in [0.3, 0.4) is 0 Å². The molecule has 1 aliphatic rings. The van der Waals surface area contributed by atoms with Gasteiger partial charge in [0.1, 0.15) is 17.2 Å². The highest BCUT2D eigenvalue weighted by atomic mass is 16.6. The molecular weight excluding hydrogens is 712 g/mol. The second-order valence-corrected chi connectivity index (χ2v) is 15.7. The number of rotatable bonds is 10. The summed E-state index contributed by atoms with van der Waals surface area (Å²) < 4.78 is 24.1. The number of imide groups is 1. The molecule has 15 heteroatoms. The molecule has 1 saturated heterocycles. The van der Waals surface area contributed by atoms with E-state index in [2.05, 4.69) is 34.0 Å². The molecule has 306 valence electrons. The molecule has 55 heavy (non-hydrogen) atoms. The highest BCUT2D eigenvalue weighted by molar-refractivity contribution is 6.03. The van der Waals surface area contributed by atoms with E-state index in [4.69, 9.17) is 19.9 Å². The first kappa shape index (κ1) is 47.7. The maximum atomic E-state index is 12.1. The summed E-state index contributed by atoms with van der Waals surface area (Å²) in [5, 5.41) is 6.34. The molecule has 1 aliphatic heterocycles. The Labute approximate surface area is 324 Å². The van der Waals surface area contributed by atoms with E-state index in [1.807, 2.05) is 53.7 Å². The van der Waals surface area contributed by atoms with Gasteiger partial charge in [0.2, 0.25) is 0 Å². The van der Waals surface area contributed by atoms with Gasteiger partial charge in [-0.05, 0) is 122 Å². The molecule has 1 heterocycles. The van der Waals surface area contributed by atoms with E-state index in [1.165, 1.54) is 14.2 Å². The molecule has 4 N–H and O–H groups in total. The predicted molar refractivity (Wildman–Crippen MR) is 208 cm³/mol. The first-order valence-corrected chi connectivity index (χ1v) is 18.0. The third-order valence-corrected chi connectivity index (χ3v) is 7.32. The van der Waals surface area contributed by atoms with Crippen LogP contribution in [0.15, 0.2) is 48.5 Å². The molecular formula is C40H60N4O11. The Morgan fingerprint density at radius 3 is 1.65 bits per heavy atom. The molecule has 3 atom stereocenters. The molecule has 0 aromatic heterocycles. The van der Waals surface area contributed by atoms with Gasteiger partial charge in [0.05, 0.1) is 31.4 Å². The van der Waals surface area contributed by atoms with Crippen molar-refractivity contribution in [2.75, 3.05) is 25.3 Å². The van der Waals surface area contributed by atoms with Crippen LogP contribution in [0.2, 0.25) is 0 Å². The van der Waals surface area contributed by atoms with E-state index in [-0.39, 0.29) is 29.9 Å². The molecule has 0 saturated carbocycles. The number of nitrogens with zero attached hydrogens (tertiary/aromatic N) is 1. The summed E-state index contributed by atoms with van der Waals surface area (Å²) in [6.07, 6.45) is -1.04. The number of nitrogens with two attached hydrogens (primary N) is 1. The lowest BCUT2D eigenvalue weighted by Gasteiger charge is -2.29. The Bertz CT molecular complexity index is 1580. The van der Waals surface area contributed by atoms with E-state index in [0.29, 0.717) is 29.2 Å². The average Bonchev–Trinajstić information content (AvgIpc) is 3.34. The number of hydrogen-bond donors (Lipinski definition) is 3. The molecule has 2 aromatic rings. The lowest BCUT2D eigenvalue weighted by molar-refractivity contribution is -0.136. The van der Waals surface area contributed by atoms with Crippen molar-refractivity contribution in [3.05, 3.63) is 59.7 Å². The van der Waals surface area contributed by atoms with Crippen LogP contribution in [0.1, 0.15) is 110 Å². The smallest absolute Gasteiger partial charge is 0.427 e. The fourth-order valence-corrected chi connectivity index (χ4v) is 4.87. The Kier molecular flexibility index (Phi) is 18.7. The molecule has 0 spiro atoms. The number of carbonyl (C=O) groups is 6. The maximum Gasteiger partial charge on any atom is 0.427 e. The average molecular weight is 773 g/mol. The molecule has 15 nitrogen and oxygen atoms in total. The summed E-state index contributed by atoms with van der Waals surface area (Å²) in [6, 6.07) is 12.6. The number of anilines is 2. The number of ether oxygens (including phenoxy) is 5. The minimum atomic E-state index is -0.958. The van der Waals surface area contributed by atoms with Crippen molar-refractivity contribution in [2.24, 2.45) is 11.8 Å². The number of amides is 3. The van der Waals surface area contributed by atoms with Crippen molar-refractivity contribution in [1.82, 2.24) is 10.2 Å². The SMILES string of the molecule is CC(C)C[C@H]1C(=O)OC(=O)N1C(=O)OC(C)(C)C.COC(=O)c1ccc(N)cc1.COC(=O)c1ccc(NC(C)[C@H](CC(C)C)NC(=O)OC(C)(C)C)cc1. The van der Waals surface area contributed by atoms with E-state index in [1.54, 1.807) is 57.2 Å². The third-order valence-electron chi connectivity index (χ3n) is 7.32. The summed E-state index contributed by atoms with van der Waals surface area (Å²) in [5.74, 6) is -0.835. The van der Waals surface area contributed by atoms with Gasteiger partial charge in [-0.25, -0.2) is 28.8 Å². The zero-order valence-corrected chi connectivity index (χ0v) is 34.4. The molecule has 1 fully saturated rings. The van der Waals surface area contributed by atoms with E-state index in [0.717, 1.165) is 17.0 Å². The molecule has 1 unspecified atom stereocenters. The first-order valence-electron chi connectivity index (χ1n) is 18.0. The van der Waals surface area contributed by atoms with Crippen molar-refractivity contribution < 1.29 is 52.5 Å². The highest BCUT2D eigenvalue weighted by Gasteiger charge is 2.47. The largest absolute Gasteiger partial charge is 0.465 e. The van der Waals surface area contributed by atoms with E-state index >= 15 is 0 Å². The van der Waals surface area contributed by atoms with Crippen LogP contribution in [0.25, 0.3) is 0 Å². The molecule has 2 aromatic carbocycles. The topological polar surface area (TPSA) is 202 Å². The summed E-state index contributed by atoms with van der Waals surface area (Å²) >= 11 is 0. The number of nitrogens with one attached hydrogen (secondary N) is 2. The Morgan fingerprint density at radius 2 is 1.24 bits per heavy atom. The number of esters is 3. The number of nitrogen functional groups attached to an aromatic ring is 1. The molecule has 3 rings (SSSR count). The second kappa shape index (κ2) is 21.5. The van der Waals surface area contributed by atoms with Gasteiger partial charge in [-0.2, -0.15) is 4.90 Å². The Hall–Kier alpha value is -5.34. The van der Waals surface area contributed by atoms with Crippen molar-refractivity contribution in [2.45, 2.75) is 118 Å². The van der Waals surface area contributed by atoms with E-state index < -0.39 is 41.5 Å². The van der Waals surface area contributed by atoms with Gasteiger partial charge in [0.15, 0.2) is 0 Å². The van der Waals surface area contributed by atoms with Crippen molar-refractivity contribution in [3.8, 4) is 0 Å². The number of cyclic esters (lactones) is 2. The third kappa shape index (κ3) is 18.0. The number of methoxy groups -OCH3 is 2. The quantitative estimate of drug-likeness (QED) is 0.0924. The highest BCUT2D eigenvalue weighted by Crippen LogP contribution is 2.23. The van der Waals surface area contributed by atoms with Crippen molar-refractivity contribution in [1.29, 1.82) is 0 Å². The van der Waals surface area contributed by atoms with E-state index in [9.17, 15) is 28.8 Å². The molecule has 0 aliphatic carbocycles. The summed E-state index contributed by atoms with van der Waals surface area (Å²) in [5.41, 5.74) is 6.66. The van der Waals surface area contributed by atoms with Gasteiger partial charge in [-0.15, -0.1) is 0 Å². The maximum absolute atomic E-state index is 12.1. The fourth-order valence-electron chi connectivity index (χ4n) is 4.87. The number of alkyl carbamates (subject to hydrolysis) is 1. The Morgan fingerprint density at radius 1 is 0.764 bits per heavy atom. The summed E-state index contributed by atoms with van der Waals surface area (Å²) in [4.78, 5) is 70.1. The van der Waals surface area contributed by atoms with Gasteiger partial charge in [0.25, 0.3) is 0 Å². The van der Waals surface area contributed by atoms with Crippen molar-refractivity contribution >= 4 is 47.6 Å². The lowest BCUT2D eigenvalue weighted by Crippen LogP contribution is -2.47. The van der Waals surface area contributed by atoms with Gasteiger partial charge in [-0.3, -0.25) is 0 Å². The number of carbonyl (C=O) groups excluding carboxylic acids is 6. The van der Waals surface area contributed by atoms with Gasteiger partial charge >= 0.3 is 36.2 Å². The van der Waals surface area contributed by atoms with Crippen LogP contribution >= 0.6 is 0 Å². The normalized spacial score (nSPS) is 15.0. The molecule has 0 radical (unpaired) electrons. The van der Waals surface area contributed by atoms with Gasteiger partial charge in [-0.1, -0.05) is 27.7 Å². The minimum Gasteiger partial charge on any atom is -0.465 e. The lowest BCUT2D eigenvalue weighted by atomic mass is 9.98. The van der Waals surface area contributed by atoms with Crippen LogP contribution in [0.4, 0.5) is 25.8 Å². The second-order valence-electron chi connectivity index (χ2n) is 15.7. The molecule has 3 amide bonds. The number of hydrogen-bond acceptors (Lipinski definition) is 13. The van der Waals surface area contributed by atoms with Crippen LogP contribution in [-0.4, -0.2) is 84.6 Å². The first-order chi connectivity index (χ1) is 25.4. The predicted octanol–water partition coefficient (Wildman–Crippen LogP) is 7.58. The molecule has 0 bridgehead atoms. The van der Waals surface area contributed by atoms with Gasteiger partial charge < -0.3 is 40.1 Å². The monoisotopic (exact) mass is 772 g/mol. The number of benzene rings is 2. The zero-order chi connectivity index (χ0) is 42.3. The summed E-state index contributed by atoms with van der Waals surface area (Å²) in [7, 11) is 2.70. The van der Waals surface area contributed by atoms with Gasteiger partial charge in [0, 0.05) is 17.4 Å². The Balaban J connectivity index is 0.000000449. The zero-order valence-electron chi connectivity index (χ0n) is 34.4. The van der Waals surface area contributed by atoms with Crippen LogP contribution in [0.5, 0.6) is 0 Å². The van der Waals surface area contributed by atoms with Crippen LogP contribution < -0.4 is 16.4 Å². The standard InChI is InChI=1S/C20H32N2O4.C12H19NO5.C8H9NO2/c1-13(2)12-17(22-19(24)26-20(4,5)6)14(3)21-16-10-8-15(9-11-16)18(23)25-7;1-7(2)6-8-9(14)17-10(15)13(8)11(16)18-12(3,4)5;1-11-8(10)6-2-4-7(9)5-3-6/h8-11,13-14,17,21H,12H2,1-7H3,(H,22,24);7-8H,6H2,1-5H3;2-5H,9H2,1H3/t14?,17-;8-;/m00./s1. The van der Waals surface area contributed by atoms with Crippen LogP contribution in [0, 0.1) is 11.8 Å².